The molecule has 104 valence electrons. The van der Waals surface area contributed by atoms with Gasteiger partial charge in [-0.05, 0) is 0 Å². The van der Waals surface area contributed by atoms with Crippen LogP contribution in [0.4, 0.5) is 5.00 Å². The Morgan fingerprint density at radius 1 is 1.00 bits per heavy atom. The van der Waals surface area contributed by atoms with Gasteiger partial charge in [0.15, 0.2) is 0 Å². The lowest BCUT2D eigenvalue weighted by atomic mass is 10.5. The summed E-state index contributed by atoms with van der Waals surface area (Å²) in [5.74, 6) is 0. The average Bonchev–Trinajstić information content (AvgIpc) is 2.77. The predicted octanol–water partition coefficient (Wildman–Crippen LogP) is 0.316. The Hall–Kier alpha value is -0.800. The highest BCUT2D eigenvalue weighted by atomic mass is 32.1. The monoisotopic (exact) mass is 277 g/mol. The van der Waals surface area contributed by atoms with E-state index >= 15 is 0 Å². The van der Waals surface area contributed by atoms with E-state index in [9.17, 15) is 0 Å². The lowest BCUT2D eigenvalue weighted by Gasteiger charge is -2.05. The van der Waals surface area contributed by atoms with Gasteiger partial charge in [-0.3, -0.25) is 0 Å². The second kappa shape index (κ2) is 10.2. The number of methoxy groups -OCH3 is 1. The molecule has 0 unspecified atom stereocenters. The Bertz CT molecular complexity index is 311. The van der Waals surface area contributed by atoms with E-state index in [1.165, 1.54) is 0 Å². The molecule has 0 radical (unpaired) electrons. The molecular formula is C10H19N3O4S. The van der Waals surface area contributed by atoms with Crippen LogP contribution in [0.5, 0.6) is 0 Å². The van der Waals surface area contributed by atoms with Crippen LogP contribution in [-0.2, 0) is 25.6 Å². The highest BCUT2D eigenvalue weighted by Gasteiger charge is 2.03. The predicted molar refractivity (Wildman–Crippen MR) is 67.5 cm³/mol. The third-order valence-electron chi connectivity index (χ3n) is 2.00. The molecule has 2 N–H and O–H groups in total. The maximum atomic E-state index is 5.62. The molecule has 0 aromatic carbocycles. The highest BCUT2D eigenvalue weighted by Crippen LogP contribution is 2.12. The number of rotatable bonds is 11. The molecule has 0 aliphatic heterocycles. The molecule has 0 fully saturated rings. The quantitative estimate of drug-likeness (QED) is 0.582. The minimum atomic E-state index is 0.371. The second-order valence-electron chi connectivity index (χ2n) is 3.35. The number of nitrogens with zero attached hydrogens (tertiary/aromatic N) is 2. The molecule has 1 heterocycles. The van der Waals surface area contributed by atoms with Gasteiger partial charge in [-0.2, -0.15) is 0 Å². The molecule has 1 aromatic heterocycles. The highest BCUT2D eigenvalue weighted by molar-refractivity contribution is 7.09. The Morgan fingerprint density at radius 3 is 2.17 bits per heavy atom. The van der Waals surface area contributed by atoms with E-state index in [-0.39, 0.29) is 0 Å². The molecule has 0 saturated heterocycles. The lowest BCUT2D eigenvalue weighted by Crippen LogP contribution is -2.11. The number of aromatic nitrogens is 2. The standard InChI is InChI=1S/C10H19N3O4S/c1-14-2-3-15-4-5-16-6-7-17-8-9-10(11)18-13-12-9/h2-8,11H2,1H3. The van der Waals surface area contributed by atoms with Crippen LogP contribution >= 0.6 is 11.5 Å². The van der Waals surface area contributed by atoms with Crippen LogP contribution in [0.3, 0.4) is 0 Å². The molecule has 0 atom stereocenters. The van der Waals surface area contributed by atoms with Gasteiger partial charge in [-0.25, -0.2) is 0 Å². The minimum Gasteiger partial charge on any atom is -0.388 e. The zero-order chi connectivity index (χ0) is 13.1. The fourth-order valence-corrected chi connectivity index (χ4v) is 1.50. The van der Waals surface area contributed by atoms with Crippen molar-refractivity contribution >= 4 is 16.5 Å². The van der Waals surface area contributed by atoms with E-state index in [1.807, 2.05) is 0 Å². The summed E-state index contributed by atoms with van der Waals surface area (Å²) in [5.41, 5.74) is 6.30. The van der Waals surface area contributed by atoms with E-state index in [4.69, 9.17) is 24.7 Å². The SMILES string of the molecule is COCCOCCOCCOCc1nnsc1N. The topological polar surface area (TPSA) is 88.7 Å². The molecule has 0 saturated carbocycles. The molecule has 0 aliphatic carbocycles. The van der Waals surface area contributed by atoms with Crippen molar-refractivity contribution in [3.63, 3.8) is 0 Å². The van der Waals surface area contributed by atoms with Gasteiger partial charge in [-0.1, -0.05) is 4.49 Å². The summed E-state index contributed by atoms with van der Waals surface area (Å²) in [6.45, 7) is 3.69. The summed E-state index contributed by atoms with van der Waals surface area (Å²) in [4.78, 5) is 0. The van der Waals surface area contributed by atoms with Crippen molar-refractivity contribution in [2.75, 3.05) is 52.5 Å². The van der Waals surface area contributed by atoms with Crippen LogP contribution in [0.15, 0.2) is 0 Å². The number of hydrogen-bond acceptors (Lipinski definition) is 8. The summed E-state index contributed by atoms with van der Waals surface area (Å²) in [7, 11) is 1.64. The van der Waals surface area contributed by atoms with E-state index in [0.29, 0.717) is 56.9 Å². The third-order valence-corrected chi connectivity index (χ3v) is 2.60. The molecule has 0 amide bonds. The van der Waals surface area contributed by atoms with Crippen molar-refractivity contribution in [1.82, 2.24) is 9.59 Å². The van der Waals surface area contributed by atoms with Gasteiger partial charge in [0.05, 0.1) is 46.2 Å². The maximum Gasteiger partial charge on any atom is 0.133 e. The van der Waals surface area contributed by atoms with E-state index in [0.717, 1.165) is 11.5 Å². The fourth-order valence-electron chi connectivity index (χ4n) is 1.07. The maximum absolute atomic E-state index is 5.62. The number of anilines is 1. The zero-order valence-electron chi connectivity index (χ0n) is 10.5. The molecule has 1 rings (SSSR count). The molecule has 0 aliphatic rings. The summed E-state index contributed by atoms with van der Waals surface area (Å²) in [5, 5.41) is 4.44. The number of nitrogen functional groups attached to an aromatic ring is 1. The Kier molecular flexibility index (Phi) is 8.61. The summed E-state index contributed by atoms with van der Waals surface area (Å²) >= 11 is 1.16. The number of hydrogen-bond donors (Lipinski definition) is 1. The zero-order valence-corrected chi connectivity index (χ0v) is 11.3. The van der Waals surface area contributed by atoms with Crippen molar-refractivity contribution in [3.05, 3.63) is 5.69 Å². The molecule has 7 nitrogen and oxygen atoms in total. The number of ether oxygens (including phenoxy) is 4. The van der Waals surface area contributed by atoms with Gasteiger partial charge in [0.1, 0.15) is 10.7 Å². The van der Waals surface area contributed by atoms with Crippen LogP contribution in [0.2, 0.25) is 0 Å². The van der Waals surface area contributed by atoms with Crippen molar-refractivity contribution in [3.8, 4) is 0 Å². The minimum absolute atomic E-state index is 0.371. The van der Waals surface area contributed by atoms with Crippen molar-refractivity contribution in [2.45, 2.75) is 6.61 Å². The van der Waals surface area contributed by atoms with Crippen molar-refractivity contribution < 1.29 is 18.9 Å². The first-order chi connectivity index (χ1) is 8.84. The fraction of sp³-hybridized carbons (Fsp3) is 0.800. The smallest absolute Gasteiger partial charge is 0.133 e. The van der Waals surface area contributed by atoms with Crippen LogP contribution < -0.4 is 5.73 Å². The summed E-state index contributed by atoms with van der Waals surface area (Å²) < 4.78 is 24.4. The Morgan fingerprint density at radius 2 is 1.61 bits per heavy atom. The lowest BCUT2D eigenvalue weighted by molar-refractivity contribution is 0.000535. The third kappa shape index (κ3) is 6.82. The van der Waals surface area contributed by atoms with Gasteiger partial charge >= 0.3 is 0 Å². The van der Waals surface area contributed by atoms with Crippen LogP contribution in [0, 0.1) is 0 Å². The normalized spacial score (nSPS) is 10.9. The molecular weight excluding hydrogens is 258 g/mol. The van der Waals surface area contributed by atoms with E-state index < -0.39 is 0 Å². The van der Waals surface area contributed by atoms with E-state index in [2.05, 4.69) is 9.59 Å². The van der Waals surface area contributed by atoms with Gasteiger partial charge < -0.3 is 24.7 Å². The first-order valence-corrected chi connectivity index (χ1v) is 6.40. The van der Waals surface area contributed by atoms with E-state index in [1.54, 1.807) is 7.11 Å². The molecule has 0 spiro atoms. The van der Waals surface area contributed by atoms with Crippen LogP contribution in [0.25, 0.3) is 0 Å². The van der Waals surface area contributed by atoms with Gasteiger partial charge in [-0.15, -0.1) is 5.10 Å². The first kappa shape index (κ1) is 15.3. The van der Waals surface area contributed by atoms with Gasteiger partial charge in [0.2, 0.25) is 0 Å². The molecule has 8 heteroatoms. The van der Waals surface area contributed by atoms with Crippen LogP contribution in [-0.4, -0.2) is 56.3 Å². The Labute approximate surface area is 110 Å². The Balaban J connectivity index is 1.83. The first-order valence-electron chi connectivity index (χ1n) is 5.63. The summed E-state index contributed by atoms with van der Waals surface area (Å²) in [6, 6.07) is 0. The van der Waals surface area contributed by atoms with Crippen LogP contribution in [0.1, 0.15) is 5.69 Å². The van der Waals surface area contributed by atoms with Gasteiger partial charge in [0.25, 0.3) is 0 Å². The second-order valence-corrected chi connectivity index (χ2v) is 4.14. The largest absolute Gasteiger partial charge is 0.388 e. The number of nitrogens with two attached hydrogens (primary N) is 1. The summed E-state index contributed by atoms with van der Waals surface area (Å²) in [6.07, 6.45) is 0. The molecule has 1 aromatic rings. The average molecular weight is 277 g/mol. The molecule has 18 heavy (non-hydrogen) atoms. The van der Waals surface area contributed by atoms with Crippen molar-refractivity contribution in [1.29, 1.82) is 0 Å². The molecule has 0 bridgehead atoms. The van der Waals surface area contributed by atoms with Crippen molar-refractivity contribution in [2.24, 2.45) is 0 Å². The van der Waals surface area contributed by atoms with Gasteiger partial charge in [0, 0.05) is 18.6 Å².